The number of ether oxygens (including phenoxy) is 1. The lowest BCUT2D eigenvalue weighted by molar-refractivity contribution is -0.0299. The van der Waals surface area contributed by atoms with Crippen LogP contribution in [0.15, 0.2) is 30.6 Å². The van der Waals surface area contributed by atoms with Crippen LogP contribution in [0.3, 0.4) is 0 Å². The van der Waals surface area contributed by atoms with Gasteiger partial charge in [0.15, 0.2) is 23.2 Å². The molecule has 0 aliphatic carbocycles. The Morgan fingerprint density at radius 1 is 1.30 bits per heavy atom. The molecule has 3 heterocycles. The van der Waals surface area contributed by atoms with E-state index in [9.17, 15) is 10.2 Å². The topological polar surface area (TPSA) is 105 Å². The highest BCUT2D eigenvalue weighted by molar-refractivity contribution is 14.1. The summed E-state index contributed by atoms with van der Waals surface area (Å²) in [5.41, 5.74) is 2.02. The summed E-state index contributed by atoms with van der Waals surface area (Å²) in [6.45, 7) is 2.24. The van der Waals surface area contributed by atoms with Crippen LogP contribution in [0.25, 0.3) is 11.2 Å². The number of imidazole rings is 1. The normalized spacial score (nSPS) is 25.2. The van der Waals surface area contributed by atoms with Crippen LogP contribution in [-0.2, 0) is 11.3 Å². The molecule has 4 atom stereocenters. The van der Waals surface area contributed by atoms with E-state index in [0.29, 0.717) is 23.5 Å². The van der Waals surface area contributed by atoms with Crippen LogP contribution < -0.4 is 5.32 Å². The number of rotatable bonds is 4. The predicted octanol–water partition coefficient (Wildman–Crippen LogP) is 2.34. The fourth-order valence-corrected chi connectivity index (χ4v) is 3.86. The first-order valence-corrected chi connectivity index (χ1v) is 9.79. The summed E-state index contributed by atoms with van der Waals surface area (Å²) in [5, 5.41) is 23.5. The van der Waals surface area contributed by atoms with Gasteiger partial charge in [-0.2, -0.15) is 9.97 Å². The molecule has 1 aromatic carbocycles. The Morgan fingerprint density at radius 2 is 2.11 bits per heavy atom. The molecule has 1 aliphatic heterocycles. The molecule has 0 bridgehead atoms. The van der Waals surface area contributed by atoms with Crippen molar-refractivity contribution in [1.82, 2.24) is 19.5 Å². The molecule has 4 unspecified atom stereocenters. The molecule has 1 fully saturated rings. The van der Waals surface area contributed by atoms with Crippen LogP contribution in [-0.4, -0.2) is 48.0 Å². The molecule has 0 amide bonds. The molecule has 142 valence electrons. The third-order valence-corrected chi connectivity index (χ3v) is 5.33. The van der Waals surface area contributed by atoms with Crippen LogP contribution in [0.5, 0.6) is 0 Å². The summed E-state index contributed by atoms with van der Waals surface area (Å²) in [4.78, 5) is 12.8. The maximum Gasteiger partial charge on any atom is 0.226 e. The molecule has 3 aromatic rings. The van der Waals surface area contributed by atoms with E-state index in [2.05, 4.69) is 48.9 Å². The number of hydrogen-bond donors (Lipinski definition) is 3. The van der Waals surface area contributed by atoms with Gasteiger partial charge in [0.2, 0.25) is 5.28 Å². The minimum Gasteiger partial charge on any atom is -0.388 e. The van der Waals surface area contributed by atoms with Gasteiger partial charge in [0, 0.05) is 10.1 Å². The minimum absolute atomic E-state index is 0.0514. The number of anilines is 1. The number of aromatic nitrogens is 4. The van der Waals surface area contributed by atoms with Crippen molar-refractivity contribution in [3.8, 4) is 0 Å². The average molecular weight is 502 g/mol. The summed E-state index contributed by atoms with van der Waals surface area (Å²) in [5.74, 6) is 0.490. The number of nitrogens with one attached hydrogen (secondary N) is 1. The zero-order valence-corrected chi connectivity index (χ0v) is 17.2. The van der Waals surface area contributed by atoms with Crippen LogP contribution in [0.1, 0.15) is 18.7 Å². The molecular weight excluding hydrogens is 485 g/mol. The maximum absolute atomic E-state index is 10.3. The van der Waals surface area contributed by atoms with Crippen molar-refractivity contribution >= 4 is 51.2 Å². The van der Waals surface area contributed by atoms with Crippen molar-refractivity contribution in [1.29, 1.82) is 0 Å². The number of halogens is 2. The van der Waals surface area contributed by atoms with Crippen LogP contribution in [0, 0.1) is 3.57 Å². The van der Waals surface area contributed by atoms with Gasteiger partial charge < -0.3 is 20.3 Å². The molecule has 1 saturated heterocycles. The second kappa shape index (κ2) is 7.47. The lowest BCUT2D eigenvalue weighted by Crippen LogP contribution is -2.30. The fourth-order valence-electron chi connectivity index (χ4n) is 3.09. The Bertz CT molecular complexity index is 984. The largest absolute Gasteiger partial charge is 0.388 e. The van der Waals surface area contributed by atoms with Crippen molar-refractivity contribution in [2.45, 2.75) is 38.0 Å². The Labute approximate surface area is 173 Å². The molecule has 0 spiro atoms. The van der Waals surface area contributed by atoms with E-state index < -0.39 is 24.5 Å². The van der Waals surface area contributed by atoms with Gasteiger partial charge in [-0.25, -0.2) is 4.98 Å². The first kappa shape index (κ1) is 18.8. The van der Waals surface area contributed by atoms with E-state index in [1.165, 1.54) is 6.33 Å². The SMILES string of the molecule is CC1OC(n2cnc3c(NCc4cccc(I)c4)nc(Cl)nc32)C(O)C1O. The zero-order chi connectivity index (χ0) is 19.1. The number of benzene rings is 1. The summed E-state index contributed by atoms with van der Waals surface area (Å²) < 4.78 is 8.37. The molecule has 27 heavy (non-hydrogen) atoms. The Kier molecular flexibility index (Phi) is 5.21. The van der Waals surface area contributed by atoms with Crippen LogP contribution in [0.4, 0.5) is 5.82 Å². The van der Waals surface area contributed by atoms with Crippen molar-refractivity contribution in [2.75, 3.05) is 5.32 Å². The van der Waals surface area contributed by atoms with E-state index >= 15 is 0 Å². The van der Waals surface area contributed by atoms with Crippen molar-refractivity contribution in [3.05, 3.63) is 45.0 Å². The highest BCUT2D eigenvalue weighted by atomic mass is 127. The Morgan fingerprint density at radius 3 is 2.81 bits per heavy atom. The van der Waals surface area contributed by atoms with E-state index in [1.807, 2.05) is 18.2 Å². The molecular formula is C17H17ClIN5O3. The van der Waals surface area contributed by atoms with E-state index in [1.54, 1.807) is 11.5 Å². The molecule has 2 aromatic heterocycles. The van der Waals surface area contributed by atoms with Gasteiger partial charge >= 0.3 is 0 Å². The first-order valence-electron chi connectivity index (χ1n) is 8.34. The highest BCUT2D eigenvalue weighted by Crippen LogP contribution is 2.32. The minimum atomic E-state index is -1.09. The Balaban J connectivity index is 1.66. The van der Waals surface area contributed by atoms with Crippen molar-refractivity contribution < 1.29 is 14.9 Å². The van der Waals surface area contributed by atoms with Crippen LogP contribution in [0.2, 0.25) is 5.28 Å². The number of aliphatic hydroxyl groups is 2. The third-order valence-electron chi connectivity index (χ3n) is 4.49. The van der Waals surface area contributed by atoms with Gasteiger partial charge in [-0.05, 0) is 58.8 Å². The fraction of sp³-hybridized carbons (Fsp3) is 0.353. The molecule has 0 radical (unpaired) electrons. The van der Waals surface area contributed by atoms with Gasteiger partial charge in [-0.1, -0.05) is 12.1 Å². The summed E-state index contributed by atoms with van der Waals surface area (Å²) >= 11 is 8.36. The second-order valence-electron chi connectivity index (χ2n) is 6.36. The molecule has 4 rings (SSSR count). The molecule has 3 N–H and O–H groups in total. The van der Waals surface area contributed by atoms with Gasteiger partial charge in [0.05, 0.1) is 12.4 Å². The van der Waals surface area contributed by atoms with E-state index in [-0.39, 0.29) is 5.28 Å². The lowest BCUT2D eigenvalue weighted by atomic mass is 10.1. The number of aliphatic hydroxyl groups excluding tert-OH is 2. The van der Waals surface area contributed by atoms with Gasteiger partial charge in [-0.15, -0.1) is 0 Å². The zero-order valence-electron chi connectivity index (χ0n) is 14.3. The Hall–Kier alpha value is -1.53. The van der Waals surface area contributed by atoms with Crippen LogP contribution >= 0.6 is 34.2 Å². The van der Waals surface area contributed by atoms with E-state index in [0.717, 1.165) is 9.13 Å². The number of fused-ring (bicyclic) bond motifs is 1. The smallest absolute Gasteiger partial charge is 0.226 e. The summed E-state index contributed by atoms with van der Waals surface area (Å²) in [7, 11) is 0. The van der Waals surface area contributed by atoms with Gasteiger partial charge in [-0.3, -0.25) is 4.57 Å². The highest BCUT2D eigenvalue weighted by Gasteiger charge is 2.42. The van der Waals surface area contributed by atoms with Gasteiger partial charge in [0.25, 0.3) is 0 Å². The number of nitrogens with zero attached hydrogens (tertiary/aromatic N) is 4. The predicted molar refractivity (Wildman–Crippen MR) is 108 cm³/mol. The summed E-state index contributed by atoms with van der Waals surface area (Å²) in [6.07, 6.45) is -1.87. The molecule has 1 aliphatic rings. The van der Waals surface area contributed by atoms with E-state index in [4.69, 9.17) is 16.3 Å². The second-order valence-corrected chi connectivity index (χ2v) is 7.95. The number of hydrogen-bond acceptors (Lipinski definition) is 7. The third kappa shape index (κ3) is 3.61. The monoisotopic (exact) mass is 501 g/mol. The molecule has 8 nitrogen and oxygen atoms in total. The lowest BCUT2D eigenvalue weighted by Gasteiger charge is -2.16. The summed E-state index contributed by atoms with van der Waals surface area (Å²) in [6, 6.07) is 8.09. The van der Waals surface area contributed by atoms with Crippen molar-refractivity contribution in [2.24, 2.45) is 0 Å². The van der Waals surface area contributed by atoms with Gasteiger partial charge in [0.1, 0.15) is 12.2 Å². The molecule has 0 saturated carbocycles. The first-order chi connectivity index (χ1) is 12.9. The average Bonchev–Trinajstić information content (AvgIpc) is 3.16. The standard InChI is InChI=1S/C17H17ClIN5O3/c1-8-12(25)13(26)16(27-8)24-7-21-11-14(22-17(18)23-15(11)24)20-6-9-3-2-4-10(19)5-9/h2-5,7-8,12-13,16,25-26H,6H2,1H3,(H,20,22,23). The maximum atomic E-state index is 10.3. The van der Waals surface area contributed by atoms with Crippen molar-refractivity contribution in [3.63, 3.8) is 0 Å². The quantitative estimate of drug-likeness (QED) is 0.372. The molecule has 10 heteroatoms.